The SMILES string of the molecule is CC[C@@H](C)N1C(=O)c2ccc(-c3ccco3)n2C[C@@]1(C)C(=O)NC1CCC(C)CC1. The first kappa shape index (κ1) is 20.8. The van der Waals surface area contributed by atoms with Crippen LogP contribution in [0.15, 0.2) is 34.9 Å². The van der Waals surface area contributed by atoms with E-state index in [1.165, 1.54) is 0 Å². The van der Waals surface area contributed by atoms with Crippen LogP contribution in [0.25, 0.3) is 11.5 Å². The van der Waals surface area contributed by atoms with Crippen molar-refractivity contribution in [3.05, 3.63) is 36.2 Å². The third kappa shape index (κ3) is 3.46. The second kappa shape index (κ2) is 7.97. The topological polar surface area (TPSA) is 67.5 Å². The number of carbonyl (C=O) groups is 2. The summed E-state index contributed by atoms with van der Waals surface area (Å²) in [7, 11) is 0. The van der Waals surface area contributed by atoms with Crippen LogP contribution in [0.3, 0.4) is 0 Å². The highest BCUT2D eigenvalue weighted by Gasteiger charge is 2.49. The fourth-order valence-corrected chi connectivity index (χ4v) is 4.99. The summed E-state index contributed by atoms with van der Waals surface area (Å²) in [5, 5.41) is 3.29. The number of furan rings is 1. The Balaban J connectivity index is 1.68. The first-order valence-electron chi connectivity index (χ1n) is 11.2. The predicted octanol–water partition coefficient (Wildman–Crippen LogP) is 4.46. The summed E-state index contributed by atoms with van der Waals surface area (Å²) < 4.78 is 7.54. The molecule has 6 nitrogen and oxygen atoms in total. The van der Waals surface area contributed by atoms with Gasteiger partial charge in [0.2, 0.25) is 5.91 Å². The zero-order chi connectivity index (χ0) is 21.5. The maximum Gasteiger partial charge on any atom is 0.271 e. The summed E-state index contributed by atoms with van der Waals surface area (Å²) in [5.41, 5.74) is 0.485. The van der Waals surface area contributed by atoms with Gasteiger partial charge in [-0.1, -0.05) is 13.8 Å². The number of nitrogens with zero attached hydrogens (tertiary/aromatic N) is 2. The van der Waals surface area contributed by atoms with Gasteiger partial charge in [0.05, 0.1) is 18.5 Å². The molecule has 3 heterocycles. The van der Waals surface area contributed by atoms with E-state index >= 15 is 0 Å². The molecule has 162 valence electrons. The van der Waals surface area contributed by atoms with Gasteiger partial charge in [-0.05, 0) is 76.1 Å². The van der Waals surface area contributed by atoms with Gasteiger partial charge in [-0.25, -0.2) is 0 Å². The van der Waals surface area contributed by atoms with E-state index in [4.69, 9.17) is 4.42 Å². The molecule has 0 unspecified atom stereocenters. The Morgan fingerprint density at radius 2 is 1.93 bits per heavy atom. The van der Waals surface area contributed by atoms with Gasteiger partial charge in [-0.15, -0.1) is 0 Å². The van der Waals surface area contributed by atoms with Gasteiger partial charge in [0.25, 0.3) is 5.91 Å². The highest BCUT2D eigenvalue weighted by molar-refractivity contribution is 6.00. The first-order chi connectivity index (χ1) is 14.3. The molecule has 1 aliphatic carbocycles. The van der Waals surface area contributed by atoms with E-state index in [9.17, 15) is 9.59 Å². The summed E-state index contributed by atoms with van der Waals surface area (Å²) in [5.74, 6) is 1.28. The molecule has 1 fully saturated rings. The molecule has 30 heavy (non-hydrogen) atoms. The van der Waals surface area contributed by atoms with E-state index in [1.54, 1.807) is 11.2 Å². The van der Waals surface area contributed by atoms with Gasteiger partial charge >= 0.3 is 0 Å². The zero-order valence-electron chi connectivity index (χ0n) is 18.5. The van der Waals surface area contributed by atoms with Gasteiger partial charge in [0.15, 0.2) is 0 Å². The summed E-state index contributed by atoms with van der Waals surface area (Å²) in [4.78, 5) is 29.0. The lowest BCUT2D eigenvalue weighted by Gasteiger charge is -2.47. The van der Waals surface area contributed by atoms with Crippen molar-refractivity contribution in [2.24, 2.45) is 5.92 Å². The van der Waals surface area contributed by atoms with Crippen LogP contribution in [0, 0.1) is 5.92 Å². The summed E-state index contributed by atoms with van der Waals surface area (Å²) >= 11 is 0. The smallest absolute Gasteiger partial charge is 0.271 e. The average Bonchev–Trinajstić information content (AvgIpc) is 3.39. The fraction of sp³-hybridized carbons (Fsp3) is 0.583. The molecular formula is C24H33N3O3. The highest BCUT2D eigenvalue weighted by atomic mass is 16.3. The molecule has 2 aromatic heterocycles. The number of hydrogen-bond acceptors (Lipinski definition) is 3. The van der Waals surface area contributed by atoms with Crippen LogP contribution in [-0.4, -0.2) is 38.9 Å². The number of aromatic nitrogens is 1. The normalized spacial score (nSPS) is 27.6. The maximum absolute atomic E-state index is 13.6. The molecule has 2 atom stereocenters. The first-order valence-corrected chi connectivity index (χ1v) is 11.2. The number of hydrogen-bond donors (Lipinski definition) is 1. The second-order valence-electron chi connectivity index (χ2n) is 9.30. The zero-order valence-corrected chi connectivity index (χ0v) is 18.5. The average molecular weight is 412 g/mol. The van der Waals surface area contributed by atoms with Crippen molar-refractivity contribution in [1.82, 2.24) is 14.8 Å². The van der Waals surface area contributed by atoms with Crippen LogP contribution >= 0.6 is 0 Å². The summed E-state index contributed by atoms with van der Waals surface area (Å²) in [6.07, 6.45) is 6.71. The van der Waals surface area contributed by atoms with Crippen molar-refractivity contribution in [2.45, 2.75) is 84.0 Å². The van der Waals surface area contributed by atoms with Gasteiger partial charge in [-0.3, -0.25) is 9.59 Å². The minimum atomic E-state index is -0.955. The van der Waals surface area contributed by atoms with E-state index in [0.29, 0.717) is 18.0 Å². The molecule has 0 aromatic carbocycles. The molecular weight excluding hydrogens is 378 g/mol. The summed E-state index contributed by atoms with van der Waals surface area (Å²) in [6.45, 7) is 8.68. The van der Waals surface area contributed by atoms with E-state index < -0.39 is 5.54 Å². The van der Waals surface area contributed by atoms with Crippen LogP contribution in [-0.2, 0) is 11.3 Å². The number of fused-ring (bicyclic) bond motifs is 1. The molecule has 2 aliphatic rings. The largest absolute Gasteiger partial charge is 0.463 e. The molecule has 0 spiro atoms. The molecule has 6 heteroatoms. The molecule has 2 amide bonds. The molecule has 0 bridgehead atoms. The number of carbonyl (C=O) groups excluding carboxylic acids is 2. The Morgan fingerprint density at radius 1 is 1.23 bits per heavy atom. The Labute approximate surface area is 178 Å². The van der Waals surface area contributed by atoms with Crippen molar-refractivity contribution >= 4 is 11.8 Å². The predicted molar refractivity (Wildman–Crippen MR) is 116 cm³/mol. The molecule has 1 saturated carbocycles. The molecule has 2 aromatic rings. The van der Waals surface area contributed by atoms with Crippen LogP contribution in [0.2, 0.25) is 0 Å². The minimum Gasteiger partial charge on any atom is -0.463 e. The molecule has 1 aliphatic heterocycles. The van der Waals surface area contributed by atoms with Gasteiger partial charge in [0, 0.05) is 12.1 Å². The second-order valence-corrected chi connectivity index (χ2v) is 9.30. The Hall–Kier alpha value is -2.50. The Morgan fingerprint density at radius 3 is 2.57 bits per heavy atom. The van der Waals surface area contributed by atoms with Crippen LogP contribution in [0.5, 0.6) is 0 Å². The minimum absolute atomic E-state index is 0.0321. The lowest BCUT2D eigenvalue weighted by molar-refractivity contribution is -0.135. The lowest BCUT2D eigenvalue weighted by Crippen LogP contribution is -2.67. The Bertz CT molecular complexity index is 908. The van der Waals surface area contributed by atoms with E-state index in [-0.39, 0.29) is 23.9 Å². The lowest BCUT2D eigenvalue weighted by atomic mass is 9.86. The van der Waals surface area contributed by atoms with Crippen molar-refractivity contribution in [3.63, 3.8) is 0 Å². The third-order valence-electron chi connectivity index (χ3n) is 7.06. The molecule has 0 saturated heterocycles. The van der Waals surface area contributed by atoms with E-state index in [0.717, 1.165) is 43.7 Å². The quantitative estimate of drug-likeness (QED) is 0.790. The summed E-state index contributed by atoms with van der Waals surface area (Å²) in [6, 6.07) is 7.63. The van der Waals surface area contributed by atoms with Gasteiger partial charge < -0.3 is 19.2 Å². The standard InChI is InChI=1S/C24H33N3O3/c1-5-17(3)27-22(28)20-13-12-19(21-7-6-14-30-21)26(20)15-24(27,4)23(29)25-18-10-8-16(2)9-11-18/h6-7,12-14,16-18H,5,8-11,15H2,1-4H3,(H,25,29)/t16?,17-,18?,24+/m1/s1. The third-order valence-corrected chi connectivity index (χ3v) is 7.06. The number of rotatable bonds is 5. The van der Waals surface area contributed by atoms with Crippen molar-refractivity contribution in [2.75, 3.05) is 0 Å². The van der Waals surface area contributed by atoms with Crippen molar-refractivity contribution in [1.29, 1.82) is 0 Å². The van der Waals surface area contributed by atoms with Gasteiger partial charge in [-0.2, -0.15) is 0 Å². The van der Waals surface area contributed by atoms with Crippen LogP contribution in [0.4, 0.5) is 0 Å². The maximum atomic E-state index is 13.6. The number of nitrogens with one attached hydrogen (secondary N) is 1. The van der Waals surface area contributed by atoms with Crippen molar-refractivity contribution < 1.29 is 14.0 Å². The van der Waals surface area contributed by atoms with E-state index in [1.807, 2.05) is 42.7 Å². The Kier molecular flexibility index (Phi) is 5.51. The molecule has 0 radical (unpaired) electrons. The van der Waals surface area contributed by atoms with Crippen molar-refractivity contribution in [3.8, 4) is 11.5 Å². The fourth-order valence-electron chi connectivity index (χ4n) is 4.99. The van der Waals surface area contributed by atoms with Gasteiger partial charge in [0.1, 0.15) is 17.0 Å². The molecule has 4 rings (SSSR count). The highest BCUT2D eigenvalue weighted by Crippen LogP contribution is 2.35. The monoisotopic (exact) mass is 411 g/mol. The van der Waals surface area contributed by atoms with Crippen LogP contribution in [0.1, 0.15) is 70.3 Å². The number of amides is 2. The molecule has 1 N–H and O–H groups in total. The van der Waals surface area contributed by atoms with E-state index in [2.05, 4.69) is 19.2 Å². The van der Waals surface area contributed by atoms with Crippen LogP contribution < -0.4 is 5.32 Å².